The van der Waals surface area contributed by atoms with Crippen LogP contribution in [0.4, 0.5) is 4.79 Å². The van der Waals surface area contributed by atoms with Crippen LogP contribution in [0.2, 0.25) is 5.02 Å². The molecule has 4 rings (SSSR count). The van der Waals surface area contributed by atoms with Crippen LogP contribution < -0.4 is 9.47 Å². The molecule has 10 nitrogen and oxygen atoms in total. The summed E-state index contributed by atoms with van der Waals surface area (Å²) in [6.45, 7) is 8.13. The summed E-state index contributed by atoms with van der Waals surface area (Å²) in [5.41, 5.74) is 1.65. The Morgan fingerprint density at radius 1 is 1.19 bits per heavy atom. The molecule has 202 valence electrons. The van der Waals surface area contributed by atoms with E-state index < -0.39 is 11.4 Å². The summed E-state index contributed by atoms with van der Waals surface area (Å²) in [5, 5.41) is 0.441. The van der Waals surface area contributed by atoms with Gasteiger partial charge in [0.15, 0.2) is 0 Å². The van der Waals surface area contributed by atoms with E-state index in [2.05, 4.69) is 9.97 Å². The lowest BCUT2D eigenvalue weighted by Gasteiger charge is -2.31. The smallest absolute Gasteiger partial charge is 0.409 e. The fraction of sp³-hybridized carbons (Fsp3) is 0.560. The van der Waals surface area contributed by atoms with E-state index in [4.69, 9.17) is 34.2 Å². The number of aromatic nitrogens is 2. The third kappa shape index (κ3) is 7.76. The lowest BCUT2D eigenvalue weighted by molar-refractivity contribution is 0.0603. The Balaban J connectivity index is 1.32. The van der Waals surface area contributed by atoms with Crippen molar-refractivity contribution in [3.05, 3.63) is 40.7 Å². The molecular weight excluding hydrogens is 522 g/mol. The maximum atomic E-state index is 12.2. The van der Waals surface area contributed by atoms with Gasteiger partial charge in [0.1, 0.15) is 18.2 Å². The van der Waals surface area contributed by atoms with Crippen molar-refractivity contribution in [2.45, 2.75) is 46.1 Å². The third-order valence-electron chi connectivity index (χ3n) is 6.04. The second-order valence-corrected chi connectivity index (χ2v) is 10.9. The zero-order valence-electron chi connectivity index (χ0n) is 21.2. The van der Waals surface area contributed by atoms with Gasteiger partial charge in [0.25, 0.3) is 0 Å². The van der Waals surface area contributed by atoms with Gasteiger partial charge in [-0.3, -0.25) is 8.37 Å². The second kappa shape index (κ2) is 12.9. The molecule has 0 aliphatic carbocycles. The number of piperidine rings is 1. The first kappa shape index (κ1) is 27.6. The Morgan fingerprint density at radius 2 is 1.89 bits per heavy atom. The lowest BCUT2D eigenvalue weighted by Crippen LogP contribution is -2.42. The average molecular weight is 554 g/mol. The number of amides is 1. The molecule has 2 aromatic rings. The minimum Gasteiger partial charge on any atom is -0.474 e. The van der Waals surface area contributed by atoms with E-state index in [0.717, 1.165) is 5.56 Å². The lowest BCUT2D eigenvalue weighted by atomic mass is 10.0. The highest BCUT2D eigenvalue weighted by molar-refractivity contribution is 7.75. The van der Waals surface area contributed by atoms with Crippen LogP contribution >= 0.6 is 11.6 Å². The van der Waals surface area contributed by atoms with Crippen LogP contribution in [0.25, 0.3) is 0 Å². The molecule has 0 unspecified atom stereocenters. The summed E-state index contributed by atoms with van der Waals surface area (Å²) in [7, 11) is 0. The zero-order valence-corrected chi connectivity index (χ0v) is 22.8. The first-order valence-corrected chi connectivity index (χ1v) is 13.7. The number of benzene rings is 1. The molecular formula is C25H32ClN3O7S. The molecule has 0 N–H and O–H groups in total. The number of hydrogen-bond acceptors (Lipinski definition) is 9. The molecule has 0 bridgehead atoms. The van der Waals surface area contributed by atoms with Crippen molar-refractivity contribution < 1.29 is 31.6 Å². The Morgan fingerprint density at radius 3 is 2.57 bits per heavy atom. The van der Waals surface area contributed by atoms with E-state index in [-0.39, 0.29) is 18.1 Å². The molecule has 0 atom stereocenters. The molecule has 2 saturated heterocycles. The number of nitrogens with zero attached hydrogens (tertiary/aromatic N) is 3. The van der Waals surface area contributed by atoms with E-state index in [1.165, 1.54) is 6.33 Å². The second-order valence-electron chi connectivity index (χ2n) is 9.59. The molecule has 0 spiro atoms. The van der Waals surface area contributed by atoms with Crippen molar-refractivity contribution in [2.24, 2.45) is 11.8 Å². The van der Waals surface area contributed by atoms with Gasteiger partial charge in [0.05, 0.1) is 30.4 Å². The van der Waals surface area contributed by atoms with Crippen molar-refractivity contribution in [3.63, 3.8) is 0 Å². The van der Waals surface area contributed by atoms with Crippen molar-refractivity contribution in [3.8, 4) is 17.5 Å². The van der Waals surface area contributed by atoms with Crippen molar-refractivity contribution in [1.82, 2.24) is 14.9 Å². The van der Waals surface area contributed by atoms with Crippen LogP contribution in [0.5, 0.6) is 17.5 Å². The van der Waals surface area contributed by atoms with Gasteiger partial charge in [0, 0.05) is 31.8 Å². The summed E-state index contributed by atoms with van der Waals surface area (Å²) >= 11 is 4.84. The van der Waals surface area contributed by atoms with Gasteiger partial charge < -0.3 is 19.1 Å². The average Bonchev–Trinajstić information content (AvgIpc) is 2.88. The Labute approximate surface area is 224 Å². The SMILES string of the molecule is Cc1c(Oc2ccc(CC3COS(=O)OC3)cc2Cl)ncnc1OC1CCN(C(=O)OCC(C)C)CC1. The number of likely N-dealkylation sites (tertiary alicyclic amines) is 1. The van der Waals surface area contributed by atoms with Gasteiger partial charge in [-0.1, -0.05) is 31.5 Å². The van der Waals surface area contributed by atoms with E-state index >= 15 is 0 Å². The van der Waals surface area contributed by atoms with Gasteiger partial charge >= 0.3 is 17.5 Å². The van der Waals surface area contributed by atoms with E-state index in [9.17, 15) is 9.00 Å². The number of carbonyl (C=O) groups excluding carboxylic acids is 1. The van der Waals surface area contributed by atoms with Gasteiger partial charge in [-0.05, 0) is 37.0 Å². The Hall–Kier alpha value is -2.47. The largest absolute Gasteiger partial charge is 0.474 e. The predicted octanol–water partition coefficient (Wildman–Crippen LogP) is 4.65. The standard InChI is InChI=1S/C25H32ClN3O7S/c1-16(2)12-32-25(30)29-8-6-20(7-9-29)35-23-17(3)24(28-15-27-23)36-22-5-4-18(11-21(22)26)10-19-13-33-37(31)34-14-19/h4-5,11,15-16,19-20H,6-10,12-14H2,1-3H3. The topological polar surface area (TPSA) is 109 Å². The highest BCUT2D eigenvalue weighted by Gasteiger charge is 2.26. The minimum atomic E-state index is -1.65. The first-order valence-electron chi connectivity index (χ1n) is 12.3. The van der Waals surface area contributed by atoms with Crippen LogP contribution in [-0.2, 0) is 30.9 Å². The molecule has 1 aromatic carbocycles. The van der Waals surface area contributed by atoms with Gasteiger partial charge in [-0.25, -0.2) is 14.8 Å². The van der Waals surface area contributed by atoms with E-state index in [1.807, 2.05) is 32.9 Å². The molecule has 3 heterocycles. The molecule has 2 aliphatic rings. The molecule has 37 heavy (non-hydrogen) atoms. The molecule has 2 aliphatic heterocycles. The highest BCUT2D eigenvalue weighted by Crippen LogP contribution is 2.34. The van der Waals surface area contributed by atoms with Crippen LogP contribution in [0.15, 0.2) is 24.5 Å². The minimum absolute atomic E-state index is 0.0800. The highest BCUT2D eigenvalue weighted by atomic mass is 35.5. The summed E-state index contributed by atoms with van der Waals surface area (Å²) in [6, 6.07) is 5.54. The van der Waals surface area contributed by atoms with Crippen LogP contribution in [0.3, 0.4) is 0 Å². The van der Waals surface area contributed by atoms with E-state index in [0.29, 0.717) is 86.2 Å². The molecule has 0 radical (unpaired) electrons. The monoisotopic (exact) mass is 553 g/mol. The van der Waals surface area contributed by atoms with Gasteiger partial charge in [-0.2, -0.15) is 4.21 Å². The quantitative estimate of drug-likeness (QED) is 0.461. The Kier molecular flexibility index (Phi) is 9.58. The normalized spacial score (nSPS) is 20.6. The number of rotatable bonds is 8. The maximum absolute atomic E-state index is 12.2. The number of halogens is 1. The van der Waals surface area contributed by atoms with Crippen molar-refractivity contribution in [2.75, 3.05) is 32.9 Å². The predicted molar refractivity (Wildman–Crippen MR) is 137 cm³/mol. The van der Waals surface area contributed by atoms with Crippen LogP contribution in [-0.4, -0.2) is 64.2 Å². The third-order valence-corrected chi connectivity index (χ3v) is 6.99. The number of ether oxygens (including phenoxy) is 3. The molecule has 0 saturated carbocycles. The summed E-state index contributed by atoms with van der Waals surface area (Å²) in [4.78, 5) is 22.5. The van der Waals surface area contributed by atoms with Crippen molar-refractivity contribution in [1.29, 1.82) is 0 Å². The van der Waals surface area contributed by atoms with Crippen molar-refractivity contribution >= 4 is 29.1 Å². The fourth-order valence-electron chi connectivity index (χ4n) is 3.98. The molecule has 2 fully saturated rings. The van der Waals surface area contributed by atoms with Crippen LogP contribution in [0, 0.1) is 18.8 Å². The molecule has 1 amide bonds. The zero-order chi connectivity index (χ0) is 26.4. The Bertz CT molecular complexity index is 1100. The van der Waals surface area contributed by atoms with Gasteiger partial charge in [0.2, 0.25) is 11.8 Å². The van der Waals surface area contributed by atoms with E-state index in [1.54, 1.807) is 11.0 Å². The maximum Gasteiger partial charge on any atom is 0.409 e. The van der Waals surface area contributed by atoms with Gasteiger partial charge in [-0.15, -0.1) is 0 Å². The summed E-state index contributed by atoms with van der Waals surface area (Å²) < 4.78 is 38.7. The number of hydrogen-bond donors (Lipinski definition) is 0. The summed E-state index contributed by atoms with van der Waals surface area (Å²) in [5.74, 6) is 1.65. The molecule has 12 heteroatoms. The number of carbonyl (C=O) groups is 1. The fourth-order valence-corrected chi connectivity index (χ4v) is 4.90. The summed E-state index contributed by atoms with van der Waals surface area (Å²) in [6.07, 6.45) is 3.07. The first-order chi connectivity index (χ1) is 17.8. The molecule has 1 aromatic heterocycles. The van der Waals surface area contributed by atoms with Crippen LogP contribution in [0.1, 0.15) is 37.8 Å².